The van der Waals surface area contributed by atoms with E-state index < -0.39 is 5.41 Å². The van der Waals surface area contributed by atoms with Crippen molar-refractivity contribution in [2.24, 2.45) is 11.1 Å². The number of nitrogens with two attached hydrogens (primary N) is 1. The zero-order valence-corrected chi connectivity index (χ0v) is 9.61. The molecule has 0 unspecified atom stereocenters. The smallest absolute Gasteiger partial charge is 0.0535 e. The molecule has 0 aromatic carbocycles. The van der Waals surface area contributed by atoms with Gasteiger partial charge in [0, 0.05) is 36.7 Å². The fraction of sp³-hybridized carbons (Fsp3) is 0.455. The molecule has 0 spiro atoms. The van der Waals surface area contributed by atoms with Crippen molar-refractivity contribution in [3.05, 3.63) is 36.9 Å². The molecule has 0 aliphatic rings. The summed E-state index contributed by atoms with van der Waals surface area (Å²) in [4.78, 5) is 0. The molecule has 6 heteroatoms. The Kier molecular flexibility index (Phi) is 3.55. The second-order valence-electron chi connectivity index (χ2n) is 4.27. The van der Waals surface area contributed by atoms with Crippen LogP contribution >= 0.6 is 0 Å². The first-order chi connectivity index (χ1) is 8.28. The Hall–Kier alpha value is -1.66. The average Bonchev–Trinajstić information content (AvgIpc) is 3.01. The van der Waals surface area contributed by atoms with Crippen LogP contribution < -0.4 is 5.73 Å². The number of hydrogen-bond donors (Lipinski definition) is 2. The van der Waals surface area contributed by atoms with Crippen LogP contribution in [0.15, 0.2) is 36.9 Å². The summed E-state index contributed by atoms with van der Waals surface area (Å²) in [5.41, 5.74) is 5.38. The summed E-state index contributed by atoms with van der Waals surface area (Å²) in [5, 5.41) is 17.9. The lowest BCUT2D eigenvalue weighted by molar-refractivity contribution is 0.0858. The molecule has 2 heterocycles. The number of aliphatic hydroxyl groups is 1. The first kappa shape index (κ1) is 11.8. The molecule has 0 aliphatic carbocycles. The van der Waals surface area contributed by atoms with E-state index in [1.807, 2.05) is 24.5 Å². The minimum absolute atomic E-state index is 0.00319. The van der Waals surface area contributed by atoms with Crippen LogP contribution in [0.5, 0.6) is 0 Å². The Bertz CT molecular complexity index is 380. The van der Waals surface area contributed by atoms with Gasteiger partial charge in [0.15, 0.2) is 0 Å². The van der Waals surface area contributed by atoms with Gasteiger partial charge in [-0.25, -0.2) is 0 Å². The quantitative estimate of drug-likeness (QED) is 0.721. The summed E-state index contributed by atoms with van der Waals surface area (Å²) >= 11 is 0. The highest BCUT2D eigenvalue weighted by Gasteiger charge is 2.29. The van der Waals surface area contributed by atoms with Crippen LogP contribution in [0, 0.1) is 5.41 Å². The minimum atomic E-state index is -0.433. The molecule has 0 atom stereocenters. The summed E-state index contributed by atoms with van der Waals surface area (Å²) in [6, 6.07) is 3.71. The van der Waals surface area contributed by atoms with Crippen LogP contribution in [-0.4, -0.2) is 37.8 Å². The standard InChI is InChI=1S/C11H17N5O/c12-7-11(10-17,8-15-5-1-3-13-15)9-16-6-2-4-14-16/h1-6,17H,7-10,12H2. The van der Waals surface area contributed by atoms with E-state index in [0.29, 0.717) is 19.6 Å². The van der Waals surface area contributed by atoms with Crippen LogP contribution in [0.25, 0.3) is 0 Å². The Balaban J connectivity index is 2.13. The Morgan fingerprint density at radius 3 is 1.88 bits per heavy atom. The van der Waals surface area contributed by atoms with Gasteiger partial charge in [-0.1, -0.05) is 0 Å². The fourth-order valence-electron chi connectivity index (χ4n) is 1.82. The Labute approximate surface area is 99.7 Å². The molecular formula is C11H17N5O. The first-order valence-electron chi connectivity index (χ1n) is 5.54. The molecule has 0 radical (unpaired) electrons. The lowest BCUT2D eigenvalue weighted by Crippen LogP contribution is -2.42. The van der Waals surface area contributed by atoms with Gasteiger partial charge >= 0.3 is 0 Å². The highest BCUT2D eigenvalue weighted by molar-refractivity contribution is 4.87. The topological polar surface area (TPSA) is 81.9 Å². The summed E-state index contributed by atoms with van der Waals surface area (Å²) in [6.07, 6.45) is 7.16. The van der Waals surface area contributed by atoms with E-state index in [-0.39, 0.29) is 6.61 Å². The zero-order chi connectivity index (χ0) is 12.1. The van der Waals surface area contributed by atoms with Crippen molar-refractivity contribution in [2.45, 2.75) is 13.1 Å². The maximum atomic E-state index is 9.61. The van der Waals surface area contributed by atoms with Crippen molar-refractivity contribution in [1.29, 1.82) is 0 Å². The minimum Gasteiger partial charge on any atom is -0.396 e. The predicted molar refractivity (Wildman–Crippen MR) is 63.0 cm³/mol. The van der Waals surface area contributed by atoms with Gasteiger partial charge in [-0.2, -0.15) is 10.2 Å². The maximum absolute atomic E-state index is 9.61. The van der Waals surface area contributed by atoms with Gasteiger partial charge < -0.3 is 10.8 Å². The molecule has 0 aliphatic heterocycles. The molecule has 0 fully saturated rings. The number of nitrogens with zero attached hydrogens (tertiary/aromatic N) is 4. The van der Waals surface area contributed by atoms with Crippen LogP contribution in [0.2, 0.25) is 0 Å². The molecule has 17 heavy (non-hydrogen) atoms. The molecule has 92 valence electrons. The van der Waals surface area contributed by atoms with Gasteiger partial charge in [-0.3, -0.25) is 9.36 Å². The third kappa shape index (κ3) is 2.72. The summed E-state index contributed by atoms with van der Waals surface area (Å²) in [6.45, 7) is 1.53. The van der Waals surface area contributed by atoms with Crippen LogP contribution in [0.3, 0.4) is 0 Å². The number of aliphatic hydroxyl groups excluding tert-OH is 1. The van der Waals surface area contributed by atoms with Gasteiger partial charge in [0.05, 0.1) is 19.7 Å². The van der Waals surface area contributed by atoms with E-state index in [0.717, 1.165) is 0 Å². The molecule has 0 amide bonds. The third-order valence-corrected chi connectivity index (χ3v) is 2.88. The van der Waals surface area contributed by atoms with E-state index in [1.165, 1.54) is 0 Å². The lowest BCUT2D eigenvalue weighted by atomic mass is 9.89. The average molecular weight is 235 g/mol. The van der Waals surface area contributed by atoms with Crippen molar-refractivity contribution in [1.82, 2.24) is 19.6 Å². The number of aromatic nitrogens is 4. The molecule has 0 saturated carbocycles. The fourth-order valence-corrected chi connectivity index (χ4v) is 1.82. The monoisotopic (exact) mass is 235 g/mol. The predicted octanol–water partition coefficient (Wildman–Crippen LogP) is -0.283. The van der Waals surface area contributed by atoms with Crippen molar-refractivity contribution in [3.63, 3.8) is 0 Å². The van der Waals surface area contributed by atoms with E-state index in [1.54, 1.807) is 21.8 Å². The molecule has 3 N–H and O–H groups in total. The summed E-state index contributed by atoms with van der Waals surface area (Å²) in [7, 11) is 0. The zero-order valence-electron chi connectivity index (χ0n) is 9.61. The first-order valence-corrected chi connectivity index (χ1v) is 5.54. The Morgan fingerprint density at radius 1 is 1.06 bits per heavy atom. The van der Waals surface area contributed by atoms with E-state index in [9.17, 15) is 5.11 Å². The highest BCUT2D eigenvalue weighted by Crippen LogP contribution is 2.20. The highest BCUT2D eigenvalue weighted by atomic mass is 16.3. The van der Waals surface area contributed by atoms with Gasteiger partial charge in [0.1, 0.15) is 0 Å². The van der Waals surface area contributed by atoms with Crippen LogP contribution in [0.1, 0.15) is 0 Å². The van der Waals surface area contributed by atoms with Gasteiger partial charge in [0.2, 0.25) is 0 Å². The second kappa shape index (κ2) is 5.11. The molecule has 2 rings (SSSR count). The van der Waals surface area contributed by atoms with Gasteiger partial charge in [0.25, 0.3) is 0 Å². The van der Waals surface area contributed by atoms with Gasteiger partial charge in [-0.15, -0.1) is 0 Å². The molecule has 0 bridgehead atoms. The van der Waals surface area contributed by atoms with Crippen LogP contribution in [-0.2, 0) is 13.1 Å². The molecule has 2 aromatic heterocycles. The second-order valence-corrected chi connectivity index (χ2v) is 4.27. The molecular weight excluding hydrogens is 218 g/mol. The molecule has 2 aromatic rings. The number of rotatable bonds is 6. The third-order valence-electron chi connectivity index (χ3n) is 2.88. The van der Waals surface area contributed by atoms with Crippen molar-refractivity contribution in [2.75, 3.05) is 13.2 Å². The lowest BCUT2D eigenvalue weighted by Gasteiger charge is -2.30. The van der Waals surface area contributed by atoms with Crippen molar-refractivity contribution >= 4 is 0 Å². The van der Waals surface area contributed by atoms with Gasteiger partial charge in [-0.05, 0) is 12.1 Å². The van der Waals surface area contributed by atoms with E-state index in [4.69, 9.17) is 5.73 Å². The summed E-state index contributed by atoms with van der Waals surface area (Å²) in [5.74, 6) is 0. The van der Waals surface area contributed by atoms with Crippen LogP contribution in [0.4, 0.5) is 0 Å². The molecule has 6 nitrogen and oxygen atoms in total. The maximum Gasteiger partial charge on any atom is 0.0535 e. The molecule has 0 saturated heterocycles. The Morgan fingerprint density at radius 2 is 1.59 bits per heavy atom. The van der Waals surface area contributed by atoms with Crippen molar-refractivity contribution in [3.8, 4) is 0 Å². The SMILES string of the molecule is NCC(CO)(Cn1cccn1)Cn1cccn1. The summed E-state index contributed by atoms with van der Waals surface area (Å²) < 4.78 is 3.57. The van der Waals surface area contributed by atoms with E-state index >= 15 is 0 Å². The van der Waals surface area contributed by atoms with Crippen molar-refractivity contribution < 1.29 is 5.11 Å². The van der Waals surface area contributed by atoms with E-state index in [2.05, 4.69) is 10.2 Å². The largest absolute Gasteiger partial charge is 0.396 e. The number of hydrogen-bond acceptors (Lipinski definition) is 4. The normalized spacial score (nSPS) is 11.9.